The maximum Gasteiger partial charge on any atom is 0.243 e. The van der Waals surface area contributed by atoms with Crippen molar-refractivity contribution < 1.29 is 29.1 Å². The van der Waals surface area contributed by atoms with Crippen molar-refractivity contribution in [2.24, 2.45) is 34.4 Å². The van der Waals surface area contributed by atoms with E-state index in [0.29, 0.717) is 44.3 Å². The number of nitrogens with two attached hydrogens (primary N) is 6. The molecular formula is C37H59N11O6. The third-order valence-electron chi connectivity index (χ3n) is 9.26. The number of hydrogen-bond acceptors (Lipinski definition) is 12. The van der Waals surface area contributed by atoms with Crippen LogP contribution in [0.2, 0.25) is 0 Å². The van der Waals surface area contributed by atoms with Gasteiger partial charge in [0.1, 0.15) is 17.8 Å². The number of hydrogen-bond donors (Lipinski definition) is 12. The van der Waals surface area contributed by atoms with E-state index in [1.54, 1.807) is 12.1 Å². The van der Waals surface area contributed by atoms with Gasteiger partial charge in [0.15, 0.2) is 0 Å². The van der Waals surface area contributed by atoms with E-state index in [0.717, 1.165) is 23.1 Å². The van der Waals surface area contributed by atoms with Crippen molar-refractivity contribution in [2.45, 2.75) is 94.0 Å². The van der Waals surface area contributed by atoms with E-state index in [4.69, 9.17) is 34.4 Å². The number of phenols is 1. The zero-order valence-electron chi connectivity index (χ0n) is 30.9. The van der Waals surface area contributed by atoms with Gasteiger partial charge in [-0.05, 0) is 92.4 Å². The Morgan fingerprint density at radius 1 is 0.778 bits per heavy atom. The standard InChI is InChI=1S/C37H59N11O6/c38-13-2-7-26(40)21-46-34(51)27(41)8-4-15-44-33(50)28(42)12-16-45-36(53)31-18-22-5-1-6-23(17-22)24-10-11-32(49)25(19-24)20-29(43)35(52)47-30(9-3-14-39)37(54)48-31/h1,5-6,10-11,17,19,26-31,49H,2-4,7-9,12-16,18,20-21,38-43H2,(H,44,50)(H,45,53)(H,46,51)(H,47,52)(H,48,54)/t26-,27-,28-,29-,30-,31-/m0/s1. The Balaban J connectivity index is 1.61. The van der Waals surface area contributed by atoms with Gasteiger partial charge in [0, 0.05) is 38.5 Å². The fraction of sp³-hybridized carbons (Fsp3) is 0.541. The van der Waals surface area contributed by atoms with Crippen LogP contribution in [-0.2, 0) is 36.8 Å². The smallest absolute Gasteiger partial charge is 0.243 e. The number of rotatable bonds is 18. The minimum absolute atomic E-state index is 0.00774. The molecule has 3 rings (SSSR count). The van der Waals surface area contributed by atoms with Gasteiger partial charge in [-0.2, -0.15) is 0 Å². The van der Waals surface area contributed by atoms with Crippen molar-refractivity contribution in [3.63, 3.8) is 0 Å². The molecule has 0 spiro atoms. The summed E-state index contributed by atoms with van der Waals surface area (Å²) in [5.74, 6) is -2.44. The quantitative estimate of drug-likeness (QED) is 0.0700. The highest BCUT2D eigenvalue weighted by Gasteiger charge is 2.29. The Labute approximate surface area is 316 Å². The molecule has 0 unspecified atom stereocenters. The van der Waals surface area contributed by atoms with Crippen LogP contribution < -0.4 is 61.0 Å². The number of phenolic OH excluding ortho intramolecular Hbond substituents is 1. The molecule has 2 aromatic carbocycles. The number of fused-ring (bicyclic) bond motifs is 5. The molecule has 0 fully saturated rings. The molecule has 4 bridgehead atoms. The van der Waals surface area contributed by atoms with Crippen molar-refractivity contribution in [1.82, 2.24) is 26.6 Å². The molecule has 0 saturated carbocycles. The number of amides is 5. The lowest BCUT2D eigenvalue weighted by molar-refractivity contribution is -0.132. The lowest BCUT2D eigenvalue weighted by Crippen LogP contribution is -2.56. The summed E-state index contributed by atoms with van der Waals surface area (Å²) in [5, 5.41) is 24.2. The minimum Gasteiger partial charge on any atom is -0.508 e. The Morgan fingerprint density at radius 3 is 2.22 bits per heavy atom. The molecule has 298 valence electrons. The van der Waals surface area contributed by atoms with Crippen molar-refractivity contribution in [1.29, 1.82) is 0 Å². The largest absolute Gasteiger partial charge is 0.508 e. The van der Waals surface area contributed by atoms with Crippen LogP contribution in [0.15, 0.2) is 42.5 Å². The maximum atomic E-state index is 13.6. The molecule has 0 radical (unpaired) electrons. The average Bonchev–Trinajstić information content (AvgIpc) is 3.16. The molecule has 0 aromatic heterocycles. The van der Waals surface area contributed by atoms with Gasteiger partial charge in [-0.1, -0.05) is 30.3 Å². The van der Waals surface area contributed by atoms with Gasteiger partial charge in [0.2, 0.25) is 29.5 Å². The number of carbonyl (C=O) groups excluding carboxylic acids is 5. The summed E-state index contributed by atoms with van der Waals surface area (Å²) in [6.45, 7) is 1.40. The molecule has 1 aliphatic heterocycles. The van der Waals surface area contributed by atoms with Crippen molar-refractivity contribution >= 4 is 29.5 Å². The maximum absolute atomic E-state index is 13.6. The monoisotopic (exact) mass is 753 g/mol. The van der Waals surface area contributed by atoms with E-state index in [9.17, 15) is 29.1 Å². The second kappa shape index (κ2) is 22.5. The van der Waals surface area contributed by atoms with Crippen LogP contribution in [0.4, 0.5) is 0 Å². The first-order valence-corrected chi connectivity index (χ1v) is 18.6. The van der Waals surface area contributed by atoms with Gasteiger partial charge in [-0.3, -0.25) is 24.0 Å². The number of nitrogens with one attached hydrogen (secondary N) is 5. The molecule has 1 heterocycles. The first-order valence-electron chi connectivity index (χ1n) is 18.6. The summed E-state index contributed by atoms with van der Waals surface area (Å²) in [5.41, 5.74) is 38.2. The lowest BCUT2D eigenvalue weighted by atomic mass is 9.96. The fourth-order valence-electron chi connectivity index (χ4n) is 5.97. The van der Waals surface area contributed by atoms with Crippen LogP contribution in [0.3, 0.4) is 0 Å². The molecule has 18 N–H and O–H groups in total. The first kappa shape index (κ1) is 43.8. The summed E-state index contributed by atoms with van der Waals surface area (Å²) in [6.07, 6.45) is 3.12. The van der Waals surface area contributed by atoms with Crippen molar-refractivity contribution in [2.75, 3.05) is 32.7 Å². The van der Waals surface area contributed by atoms with Crippen LogP contribution in [0.25, 0.3) is 11.1 Å². The van der Waals surface area contributed by atoms with E-state index in [-0.39, 0.29) is 63.0 Å². The van der Waals surface area contributed by atoms with Crippen LogP contribution in [0.5, 0.6) is 5.75 Å². The number of benzene rings is 2. The molecule has 1 aliphatic rings. The SMILES string of the molecule is NCCC[C@H](N)CNC(=O)[C@@H](N)CCCNC(=O)[C@@H](N)CCNC(=O)[C@@H]1Cc2cccc(c2)-c2ccc(O)c(c2)C[C@H](N)C(=O)N[C@@H](CCCN)C(=O)N1. The van der Waals surface area contributed by atoms with Crippen LogP contribution in [0, 0.1) is 0 Å². The highest BCUT2D eigenvalue weighted by atomic mass is 16.3. The molecule has 17 heteroatoms. The topological polar surface area (TPSA) is 322 Å². The predicted molar refractivity (Wildman–Crippen MR) is 206 cm³/mol. The van der Waals surface area contributed by atoms with Crippen LogP contribution >= 0.6 is 0 Å². The van der Waals surface area contributed by atoms with Gasteiger partial charge in [-0.15, -0.1) is 0 Å². The van der Waals surface area contributed by atoms with E-state index in [1.807, 2.05) is 24.3 Å². The third-order valence-corrected chi connectivity index (χ3v) is 9.26. The second-order valence-corrected chi connectivity index (χ2v) is 13.8. The lowest BCUT2D eigenvalue weighted by Gasteiger charge is -2.24. The second-order valence-electron chi connectivity index (χ2n) is 13.8. The van der Waals surface area contributed by atoms with E-state index in [1.165, 1.54) is 6.07 Å². The molecule has 0 saturated heterocycles. The first-order chi connectivity index (χ1) is 25.8. The summed E-state index contributed by atoms with van der Waals surface area (Å²) in [6, 6.07) is 7.44. The summed E-state index contributed by atoms with van der Waals surface area (Å²) in [7, 11) is 0. The molecule has 6 atom stereocenters. The van der Waals surface area contributed by atoms with Gasteiger partial charge < -0.3 is 66.1 Å². The Hall–Kier alpha value is -4.65. The Bertz CT molecular complexity index is 1560. The highest BCUT2D eigenvalue weighted by molar-refractivity contribution is 5.93. The summed E-state index contributed by atoms with van der Waals surface area (Å²) < 4.78 is 0. The molecule has 0 aliphatic carbocycles. The third kappa shape index (κ3) is 14.3. The van der Waals surface area contributed by atoms with Crippen LogP contribution in [0.1, 0.15) is 56.1 Å². The zero-order valence-corrected chi connectivity index (χ0v) is 30.9. The molecule has 2 aromatic rings. The van der Waals surface area contributed by atoms with Crippen molar-refractivity contribution in [3.8, 4) is 16.9 Å². The molecule has 54 heavy (non-hydrogen) atoms. The van der Waals surface area contributed by atoms with Gasteiger partial charge >= 0.3 is 0 Å². The predicted octanol–water partition coefficient (Wildman–Crippen LogP) is -2.57. The van der Waals surface area contributed by atoms with Crippen molar-refractivity contribution in [3.05, 3.63) is 53.6 Å². The Kier molecular flexibility index (Phi) is 18.3. The summed E-state index contributed by atoms with van der Waals surface area (Å²) >= 11 is 0. The number of aromatic hydroxyl groups is 1. The van der Waals surface area contributed by atoms with Gasteiger partial charge in [0.05, 0.1) is 18.1 Å². The fourth-order valence-corrected chi connectivity index (χ4v) is 5.97. The minimum atomic E-state index is -1.07. The van der Waals surface area contributed by atoms with E-state index in [2.05, 4.69) is 26.6 Å². The number of carbonyl (C=O) groups is 5. The van der Waals surface area contributed by atoms with E-state index < -0.39 is 53.8 Å². The van der Waals surface area contributed by atoms with Gasteiger partial charge in [-0.25, -0.2) is 0 Å². The highest BCUT2D eigenvalue weighted by Crippen LogP contribution is 2.28. The summed E-state index contributed by atoms with van der Waals surface area (Å²) in [4.78, 5) is 65.2. The van der Waals surface area contributed by atoms with Gasteiger partial charge in [0.25, 0.3) is 0 Å². The zero-order chi connectivity index (χ0) is 39.6. The Morgan fingerprint density at radius 2 is 1.48 bits per heavy atom. The normalized spacial score (nSPS) is 19.2. The van der Waals surface area contributed by atoms with Crippen LogP contribution in [-0.4, -0.2) is 104 Å². The van der Waals surface area contributed by atoms with E-state index >= 15 is 0 Å². The molecular weight excluding hydrogens is 694 g/mol. The molecule has 17 nitrogen and oxygen atoms in total. The average molecular weight is 754 g/mol. The molecule has 5 amide bonds.